The monoisotopic (exact) mass is 1300 g/mol. The summed E-state index contributed by atoms with van der Waals surface area (Å²) in [7, 11) is 5.99. The van der Waals surface area contributed by atoms with Gasteiger partial charge in [0, 0.05) is 12.8 Å². The maximum absolute atomic E-state index is 13.0. The molecule has 0 aliphatic carbocycles. The first-order valence-corrected chi connectivity index (χ1v) is 39.8. The lowest BCUT2D eigenvalue weighted by atomic mass is 10.0. The van der Waals surface area contributed by atoms with E-state index in [9.17, 15) is 19.5 Å². The van der Waals surface area contributed by atoms with Crippen LogP contribution in [0.15, 0.2) is 85.1 Å². The van der Waals surface area contributed by atoms with E-state index in [1.165, 1.54) is 270 Å². The molecule has 0 aliphatic heterocycles. The number of carboxylic acid groups (broad SMARTS) is 1. The minimum atomic E-state index is -1.51. The Kier molecular flexibility index (Phi) is 71.4. The van der Waals surface area contributed by atoms with Crippen molar-refractivity contribution >= 4 is 17.9 Å². The summed E-state index contributed by atoms with van der Waals surface area (Å²) in [4.78, 5) is 37.7. The highest BCUT2D eigenvalue weighted by molar-refractivity contribution is 5.71. The van der Waals surface area contributed by atoms with E-state index in [0.717, 1.165) is 77.0 Å². The first kappa shape index (κ1) is 89.5. The Bertz CT molecular complexity index is 1810. The lowest BCUT2D eigenvalue weighted by Gasteiger charge is -2.25. The molecule has 0 aromatic rings. The predicted octanol–water partition coefficient (Wildman–Crippen LogP) is 25.4. The number of carbonyl (C=O) groups is 3. The smallest absolute Gasteiger partial charge is 0.361 e. The highest BCUT2D eigenvalue weighted by Gasteiger charge is 2.25. The molecular weight excluding hydrogens is 1150 g/mol. The first-order valence-electron chi connectivity index (χ1n) is 39.8. The summed E-state index contributed by atoms with van der Waals surface area (Å²) in [6.45, 7) is 4.81. The van der Waals surface area contributed by atoms with Gasteiger partial charge in [-0.05, 0) is 89.9 Å². The molecule has 0 bridgehead atoms. The fourth-order valence-corrected chi connectivity index (χ4v) is 11.6. The predicted molar refractivity (Wildman–Crippen MR) is 401 cm³/mol. The van der Waals surface area contributed by atoms with Crippen LogP contribution >= 0.6 is 0 Å². The van der Waals surface area contributed by atoms with E-state index in [2.05, 4.69) is 98.9 Å². The van der Waals surface area contributed by atoms with Gasteiger partial charge in [-0.2, -0.15) is 0 Å². The average Bonchev–Trinajstić information content (AvgIpc) is 3.38. The van der Waals surface area contributed by atoms with Gasteiger partial charge < -0.3 is 28.5 Å². The van der Waals surface area contributed by atoms with Gasteiger partial charge in [0.05, 0.1) is 34.4 Å². The number of aliphatic carboxylic acids is 1. The summed E-state index contributed by atoms with van der Waals surface area (Å²) in [5.41, 5.74) is 0. The molecule has 0 aromatic carbocycles. The Morgan fingerprint density at radius 2 is 0.613 bits per heavy atom. The third kappa shape index (κ3) is 75.7. The standard InChI is InChI=1S/C84H151NO8/c1-6-8-10-12-14-16-18-20-22-24-26-28-30-32-34-36-38-39-40-41-42-43-45-46-48-50-52-54-56-58-60-62-64-66-68-70-72-74-81(86)91-78-80(79-92-84(83(88)89)90-77-76-85(3,4)5)93-82(87)75-73-71-69-67-65-63-61-59-57-55-53-51-49-47-44-37-35-33-31-29-27-25-23-21-19-17-15-13-11-9-7-2/h9,11,15,17-18,20-21,23-24,26-27,29,33,35,80,84H,6-8,10,12-14,16,19,22,25,28,30-32,34,36-79H2,1-5H3/p+1/b11-9-,17-15-,20-18-,23-21-,26-24-,29-27-,35-33-. The molecule has 0 rings (SSSR count). The van der Waals surface area contributed by atoms with E-state index in [1.54, 1.807) is 0 Å². The zero-order valence-corrected chi connectivity index (χ0v) is 61.9. The van der Waals surface area contributed by atoms with E-state index >= 15 is 0 Å². The number of hydrogen-bond acceptors (Lipinski definition) is 7. The molecule has 0 fully saturated rings. The highest BCUT2D eigenvalue weighted by atomic mass is 16.7. The van der Waals surface area contributed by atoms with Gasteiger partial charge in [-0.15, -0.1) is 0 Å². The van der Waals surface area contributed by atoms with Crippen molar-refractivity contribution < 1.29 is 42.9 Å². The van der Waals surface area contributed by atoms with Gasteiger partial charge in [-0.25, -0.2) is 4.79 Å². The molecule has 0 saturated carbocycles. The molecule has 9 nitrogen and oxygen atoms in total. The topological polar surface area (TPSA) is 108 Å². The lowest BCUT2D eigenvalue weighted by molar-refractivity contribution is -0.870. The molecule has 2 unspecified atom stereocenters. The molecule has 0 heterocycles. The Morgan fingerprint density at radius 3 is 0.914 bits per heavy atom. The average molecular weight is 1300 g/mol. The molecule has 1 N–H and O–H groups in total. The summed E-state index contributed by atoms with van der Waals surface area (Å²) in [6.07, 6.45) is 98.8. The van der Waals surface area contributed by atoms with Gasteiger partial charge in [0.2, 0.25) is 0 Å². The van der Waals surface area contributed by atoms with Gasteiger partial charge in [0.15, 0.2) is 6.10 Å². The van der Waals surface area contributed by atoms with Crippen molar-refractivity contribution in [3.8, 4) is 0 Å². The molecule has 9 heteroatoms. The Balaban J connectivity index is 3.99. The van der Waals surface area contributed by atoms with Crippen LogP contribution < -0.4 is 0 Å². The molecule has 0 saturated heterocycles. The van der Waals surface area contributed by atoms with Crippen molar-refractivity contribution in [2.24, 2.45) is 0 Å². The van der Waals surface area contributed by atoms with Crippen LogP contribution in [0.25, 0.3) is 0 Å². The molecular formula is C84H152NO8+. The fourth-order valence-electron chi connectivity index (χ4n) is 11.6. The van der Waals surface area contributed by atoms with Gasteiger partial charge in [-0.3, -0.25) is 9.59 Å². The van der Waals surface area contributed by atoms with E-state index in [0.29, 0.717) is 17.4 Å². The van der Waals surface area contributed by atoms with E-state index < -0.39 is 18.4 Å². The molecule has 93 heavy (non-hydrogen) atoms. The Morgan fingerprint density at radius 1 is 0.333 bits per heavy atom. The van der Waals surface area contributed by atoms with E-state index in [1.807, 2.05) is 21.1 Å². The largest absolute Gasteiger partial charge is 0.477 e. The maximum atomic E-state index is 13.0. The van der Waals surface area contributed by atoms with Crippen LogP contribution in [0.2, 0.25) is 0 Å². The minimum Gasteiger partial charge on any atom is -0.477 e. The quantitative estimate of drug-likeness (QED) is 0.0211. The second-order valence-corrected chi connectivity index (χ2v) is 28.0. The zero-order valence-electron chi connectivity index (χ0n) is 61.9. The van der Waals surface area contributed by atoms with Crippen LogP contribution in [0.4, 0.5) is 0 Å². The van der Waals surface area contributed by atoms with Crippen LogP contribution in [-0.4, -0.2) is 87.4 Å². The summed E-state index contributed by atoms with van der Waals surface area (Å²) in [6, 6.07) is 0. The highest BCUT2D eigenvalue weighted by Crippen LogP contribution is 2.19. The number of carbonyl (C=O) groups excluding carboxylic acids is 2. The van der Waals surface area contributed by atoms with Crippen LogP contribution in [0.5, 0.6) is 0 Å². The second kappa shape index (κ2) is 74.3. The maximum Gasteiger partial charge on any atom is 0.361 e. The molecule has 540 valence electrons. The third-order valence-corrected chi connectivity index (χ3v) is 17.6. The molecule has 2 atom stereocenters. The number of allylic oxidation sites excluding steroid dienone is 14. The summed E-state index contributed by atoms with van der Waals surface area (Å²) in [5.74, 6) is -1.98. The second-order valence-electron chi connectivity index (χ2n) is 28.0. The molecule has 0 radical (unpaired) electrons. The fraction of sp³-hybridized carbons (Fsp3) is 0.798. The summed E-state index contributed by atoms with van der Waals surface area (Å²) >= 11 is 0. The van der Waals surface area contributed by atoms with E-state index in [4.69, 9.17) is 18.9 Å². The van der Waals surface area contributed by atoms with Gasteiger partial charge in [0.25, 0.3) is 6.29 Å². The first-order chi connectivity index (χ1) is 45.6. The van der Waals surface area contributed by atoms with E-state index in [-0.39, 0.29) is 38.2 Å². The third-order valence-electron chi connectivity index (χ3n) is 17.6. The Hall–Kier alpha value is -3.53. The summed E-state index contributed by atoms with van der Waals surface area (Å²) < 4.78 is 23.1. The number of carboxylic acids is 1. The molecule has 0 spiro atoms. The number of quaternary nitrogens is 1. The lowest BCUT2D eigenvalue weighted by Crippen LogP contribution is -2.40. The van der Waals surface area contributed by atoms with Gasteiger partial charge in [0.1, 0.15) is 13.2 Å². The number of hydrogen-bond donors (Lipinski definition) is 1. The normalized spacial score (nSPS) is 13.1. The van der Waals surface area contributed by atoms with Gasteiger partial charge >= 0.3 is 17.9 Å². The van der Waals surface area contributed by atoms with Crippen LogP contribution in [0, 0.1) is 0 Å². The van der Waals surface area contributed by atoms with Crippen LogP contribution in [0.1, 0.15) is 373 Å². The Labute approximate surface area is 576 Å². The number of ether oxygens (including phenoxy) is 4. The number of nitrogens with zero attached hydrogens (tertiary/aromatic N) is 1. The molecule has 0 amide bonds. The van der Waals surface area contributed by atoms with Crippen LogP contribution in [-0.2, 0) is 33.3 Å². The van der Waals surface area contributed by atoms with Crippen molar-refractivity contribution in [1.29, 1.82) is 0 Å². The van der Waals surface area contributed by atoms with Crippen molar-refractivity contribution in [2.45, 2.75) is 386 Å². The zero-order chi connectivity index (χ0) is 67.5. The minimum absolute atomic E-state index is 0.180. The van der Waals surface area contributed by atoms with Gasteiger partial charge in [-0.1, -0.05) is 356 Å². The number of likely N-dealkylation sites (N-methyl/N-ethyl adjacent to an activating group) is 1. The van der Waals surface area contributed by atoms with Crippen molar-refractivity contribution in [3.05, 3.63) is 85.1 Å². The van der Waals surface area contributed by atoms with Crippen LogP contribution in [0.3, 0.4) is 0 Å². The van der Waals surface area contributed by atoms with Crippen molar-refractivity contribution in [1.82, 2.24) is 0 Å². The SMILES string of the molecule is CC/C=C\C/C=C\C/C=C\C/C=C\C/C=C\CCCCCCCCCCCCCCCCCC(=O)OC(COC(=O)CCCCCCCCCCCCCCCCCCCCCCCCCCC/C=C\C/C=C\CCCCCCC)COC(OCC[N+](C)(C)C)C(=O)O. The summed E-state index contributed by atoms with van der Waals surface area (Å²) in [5, 5.41) is 9.77. The molecule has 0 aliphatic rings. The molecule has 0 aromatic heterocycles. The van der Waals surface area contributed by atoms with Crippen molar-refractivity contribution in [3.63, 3.8) is 0 Å². The number of rotatable bonds is 74. The number of unbranched alkanes of at least 4 members (excludes halogenated alkanes) is 45. The number of esters is 2. The van der Waals surface area contributed by atoms with Crippen molar-refractivity contribution in [2.75, 3.05) is 47.5 Å².